The van der Waals surface area contributed by atoms with E-state index in [2.05, 4.69) is 20.8 Å². The van der Waals surface area contributed by atoms with Crippen molar-refractivity contribution in [2.24, 2.45) is 5.92 Å². The lowest BCUT2D eigenvalue weighted by Gasteiger charge is -2.16. The zero-order valence-electron chi connectivity index (χ0n) is 14.5. The number of carbonyl (C=O) groups is 2. The lowest BCUT2D eigenvalue weighted by atomic mass is 9.99. The van der Waals surface area contributed by atoms with E-state index in [9.17, 15) is 14.7 Å². The van der Waals surface area contributed by atoms with E-state index in [1.54, 1.807) is 24.3 Å². The summed E-state index contributed by atoms with van der Waals surface area (Å²) >= 11 is 0. The number of hydrogen-bond donors (Lipinski definition) is 4. The van der Waals surface area contributed by atoms with Gasteiger partial charge in [-0.1, -0.05) is 12.1 Å². The van der Waals surface area contributed by atoms with Gasteiger partial charge in [-0.25, -0.2) is 0 Å². The summed E-state index contributed by atoms with van der Waals surface area (Å²) < 4.78 is 4.85. The maximum atomic E-state index is 12.5. The highest BCUT2D eigenvalue weighted by Crippen LogP contribution is 2.17. The highest BCUT2D eigenvalue weighted by Gasteiger charge is 2.24. The fourth-order valence-corrected chi connectivity index (χ4v) is 3.03. The average Bonchev–Trinajstić information content (AvgIpc) is 3.10. The summed E-state index contributed by atoms with van der Waals surface area (Å²) in [6.07, 6.45) is 1.20. The Balaban J connectivity index is 1.65. The molecule has 2 heterocycles. The van der Waals surface area contributed by atoms with Gasteiger partial charge in [0.1, 0.15) is 5.75 Å². The largest absolute Gasteiger partial charge is 0.508 e. The Hall–Kier alpha value is -2.87. The van der Waals surface area contributed by atoms with E-state index in [0.717, 1.165) is 29.8 Å². The predicted octanol–water partition coefficient (Wildman–Crippen LogP) is 0.523. The number of fused-ring (bicyclic) bond motifs is 1. The Labute approximate surface area is 150 Å². The highest BCUT2D eigenvalue weighted by atomic mass is 16.5. The lowest BCUT2D eigenvalue weighted by Crippen LogP contribution is -2.35. The number of methoxy groups -OCH3 is 1. The molecule has 1 atom stereocenters. The van der Waals surface area contributed by atoms with Crippen LogP contribution in [0.1, 0.15) is 27.3 Å². The maximum absolute atomic E-state index is 12.5. The number of nitrogens with one attached hydrogen (secondary N) is 3. The van der Waals surface area contributed by atoms with Crippen molar-refractivity contribution >= 4 is 11.9 Å². The van der Waals surface area contributed by atoms with Crippen LogP contribution in [-0.4, -0.2) is 47.4 Å². The summed E-state index contributed by atoms with van der Waals surface area (Å²) in [5.74, 6) is -1.08. The Bertz CT molecular complexity index is 785. The van der Waals surface area contributed by atoms with Crippen LogP contribution in [-0.2, 0) is 28.9 Å². The van der Waals surface area contributed by atoms with E-state index in [-0.39, 0.29) is 18.2 Å². The summed E-state index contributed by atoms with van der Waals surface area (Å²) in [5, 5.41) is 22.4. The molecule has 1 amide bonds. The molecule has 0 fully saturated rings. The number of nitrogens with zero attached hydrogens (tertiary/aromatic N) is 1. The third kappa shape index (κ3) is 4.02. The molecule has 8 nitrogen and oxygen atoms in total. The van der Waals surface area contributed by atoms with Crippen molar-refractivity contribution in [1.82, 2.24) is 20.8 Å². The minimum atomic E-state index is -0.526. The van der Waals surface area contributed by atoms with Crippen molar-refractivity contribution in [1.29, 1.82) is 0 Å². The smallest absolute Gasteiger partial charge is 0.310 e. The molecule has 1 aromatic heterocycles. The zero-order valence-corrected chi connectivity index (χ0v) is 14.5. The van der Waals surface area contributed by atoms with Crippen LogP contribution in [0.2, 0.25) is 0 Å². The SMILES string of the molecule is COC(=O)C(CNC(=O)c1n[nH]c2c1CNCC2)Cc1ccc(O)cc1. The van der Waals surface area contributed by atoms with Gasteiger partial charge in [-0.05, 0) is 24.1 Å². The number of hydrogen-bond acceptors (Lipinski definition) is 6. The third-order valence-corrected chi connectivity index (χ3v) is 4.48. The molecule has 3 rings (SSSR count). The van der Waals surface area contributed by atoms with Crippen molar-refractivity contribution in [3.05, 3.63) is 46.8 Å². The first-order chi connectivity index (χ1) is 12.6. The van der Waals surface area contributed by atoms with Crippen LogP contribution in [0.3, 0.4) is 0 Å². The highest BCUT2D eigenvalue weighted by molar-refractivity contribution is 5.94. The molecular weight excluding hydrogens is 336 g/mol. The van der Waals surface area contributed by atoms with Crippen molar-refractivity contribution < 1.29 is 19.4 Å². The number of ether oxygens (including phenoxy) is 1. The van der Waals surface area contributed by atoms with Crippen LogP contribution in [0.25, 0.3) is 0 Å². The molecule has 0 spiro atoms. The van der Waals surface area contributed by atoms with E-state index in [0.29, 0.717) is 18.7 Å². The van der Waals surface area contributed by atoms with Gasteiger partial charge in [0.15, 0.2) is 5.69 Å². The zero-order chi connectivity index (χ0) is 18.5. The Morgan fingerprint density at radius 1 is 1.35 bits per heavy atom. The summed E-state index contributed by atoms with van der Waals surface area (Å²) in [4.78, 5) is 24.5. The molecule has 4 N–H and O–H groups in total. The van der Waals surface area contributed by atoms with Gasteiger partial charge >= 0.3 is 5.97 Å². The summed E-state index contributed by atoms with van der Waals surface area (Å²) in [5.41, 5.74) is 3.08. The first kappa shape index (κ1) is 17.9. The summed E-state index contributed by atoms with van der Waals surface area (Å²) in [7, 11) is 1.32. The minimum Gasteiger partial charge on any atom is -0.508 e. The van der Waals surface area contributed by atoms with Gasteiger partial charge in [0, 0.05) is 37.3 Å². The number of rotatable bonds is 6. The molecule has 138 valence electrons. The first-order valence-corrected chi connectivity index (χ1v) is 8.49. The van der Waals surface area contributed by atoms with Crippen LogP contribution >= 0.6 is 0 Å². The van der Waals surface area contributed by atoms with Crippen molar-refractivity contribution in [2.75, 3.05) is 20.2 Å². The Morgan fingerprint density at radius 3 is 2.85 bits per heavy atom. The van der Waals surface area contributed by atoms with E-state index in [1.807, 2.05) is 0 Å². The average molecular weight is 358 g/mol. The number of aromatic nitrogens is 2. The molecule has 1 aliphatic rings. The van der Waals surface area contributed by atoms with Crippen LogP contribution in [0.4, 0.5) is 0 Å². The second-order valence-electron chi connectivity index (χ2n) is 6.26. The molecule has 8 heteroatoms. The first-order valence-electron chi connectivity index (χ1n) is 8.49. The van der Waals surface area contributed by atoms with E-state index in [4.69, 9.17) is 4.74 Å². The van der Waals surface area contributed by atoms with Crippen LogP contribution in [0.15, 0.2) is 24.3 Å². The molecule has 0 saturated carbocycles. The fraction of sp³-hybridized carbons (Fsp3) is 0.389. The van der Waals surface area contributed by atoms with Crippen LogP contribution in [0.5, 0.6) is 5.75 Å². The molecule has 26 heavy (non-hydrogen) atoms. The molecule has 2 aromatic rings. The Kier molecular flexibility index (Phi) is 5.52. The maximum Gasteiger partial charge on any atom is 0.310 e. The second kappa shape index (κ2) is 8.01. The molecule has 1 aromatic carbocycles. The number of aromatic amines is 1. The monoisotopic (exact) mass is 358 g/mol. The number of aromatic hydroxyl groups is 1. The number of phenols is 1. The van der Waals surface area contributed by atoms with E-state index in [1.165, 1.54) is 7.11 Å². The molecule has 0 saturated heterocycles. The van der Waals surface area contributed by atoms with E-state index < -0.39 is 11.9 Å². The molecule has 0 aliphatic carbocycles. The Morgan fingerprint density at radius 2 is 2.12 bits per heavy atom. The molecule has 1 aliphatic heterocycles. The second-order valence-corrected chi connectivity index (χ2v) is 6.26. The van der Waals surface area contributed by atoms with Gasteiger partial charge in [-0.2, -0.15) is 5.10 Å². The van der Waals surface area contributed by atoms with Gasteiger partial charge in [0.25, 0.3) is 5.91 Å². The molecular formula is C18H22N4O4. The fourth-order valence-electron chi connectivity index (χ4n) is 3.03. The number of phenolic OH excluding ortho intramolecular Hbond substituents is 1. The van der Waals surface area contributed by atoms with Gasteiger partial charge in [0.2, 0.25) is 0 Å². The third-order valence-electron chi connectivity index (χ3n) is 4.48. The predicted molar refractivity (Wildman–Crippen MR) is 93.6 cm³/mol. The standard InChI is InChI=1S/C18H22N4O4/c1-26-18(25)12(8-11-2-4-13(23)5-3-11)9-20-17(24)16-14-10-19-7-6-15(14)21-22-16/h2-5,12,19,23H,6-10H2,1H3,(H,20,24)(H,21,22). The normalized spacial score (nSPS) is 14.3. The van der Waals surface area contributed by atoms with Crippen molar-refractivity contribution in [3.63, 3.8) is 0 Å². The van der Waals surface area contributed by atoms with Gasteiger partial charge in [0.05, 0.1) is 13.0 Å². The van der Waals surface area contributed by atoms with Crippen molar-refractivity contribution in [2.45, 2.75) is 19.4 Å². The number of esters is 1. The van der Waals surface area contributed by atoms with E-state index >= 15 is 0 Å². The molecule has 0 radical (unpaired) electrons. The molecule has 1 unspecified atom stereocenters. The van der Waals surface area contributed by atoms with Gasteiger partial charge in [-0.3, -0.25) is 14.7 Å². The van der Waals surface area contributed by atoms with Crippen molar-refractivity contribution in [3.8, 4) is 5.75 Å². The number of benzene rings is 1. The number of amides is 1. The molecule has 0 bridgehead atoms. The number of H-pyrrole nitrogens is 1. The lowest BCUT2D eigenvalue weighted by molar-refractivity contribution is -0.145. The van der Waals surface area contributed by atoms with Gasteiger partial charge < -0.3 is 20.5 Å². The summed E-state index contributed by atoms with van der Waals surface area (Å²) in [6.45, 7) is 1.59. The van der Waals surface area contributed by atoms with Gasteiger partial charge in [-0.15, -0.1) is 0 Å². The van der Waals surface area contributed by atoms with Crippen LogP contribution < -0.4 is 10.6 Å². The summed E-state index contributed by atoms with van der Waals surface area (Å²) in [6, 6.07) is 6.60. The quantitative estimate of drug-likeness (QED) is 0.560. The topological polar surface area (TPSA) is 116 Å². The number of carbonyl (C=O) groups excluding carboxylic acids is 2. The minimum absolute atomic E-state index is 0.140. The van der Waals surface area contributed by atoms with Crippen LogP contribution in [0, 0.1) is 5.92 Å².